The third-order valence-electron chi connectivity index (χ3n) is 2.72. The summed E-state index contributed by atoms with van der Waals surface area (Å²) in [6.07, 6.45) is 0. The van der Waals surface area contributed by atoms with Gasteiger partial charge in [-0.25, -0.2) is 9.78 Å². The fourth-order valence-electron chi connectivity index (χ4n) is 1.75. The van der Waals surface area contributed by atoms with E-state index >= 15 is 0 Å². The number of hydrogen-bond donors (Lipinski definition) is 2. The number of benzene rings is 1. The van der Waals surface area contributed by atoms with Crippen molar-refractivity contribution >= 4 is 50.8 Å². The average Bonchev–Trinajstić information content (AvgIpc) is 2.42. The molecule has 0 bridgehead atoms. The van der Waals surface area contributed by atoms with E-state index in [9.17, 15) is 4.79 Å². The third-order valence-corrected chi connectivity index (χ3v) is 4.11. The summed E-state index contributed by atoms with van der Waals surface area (Å²) in [6.45, 7) is 0. The van der Waals surface area contributed by atoms with E-state index in [-0.39, 0.29) is 21.4 Å². The summed E-state index contributed by atoms with van der Waals surface area (Å²) < 4.78 is 5.86. The van der Waals surface area contributed by atoms with Gasteiger partial charge in [0.25, 0.3) is 0 Å². The zero-order chi connectivity index (χ0) is 15.7. The molecule has 0 spiro atoms. The van der Waals surface area contributed by atoms with E-state index in [2.05, 4.69) is 20.9 Å². The van der Waals surface area contributed by atoms with Gasteiger partial charge in [-0.1, -0.05) is 23.2 Å². The second-order valence-corrected chi connectivity index (χ2v) is 5.62. The molecule has 0 aliphatic heterocycles. The number of carbonyl (C=O) groups is 1. The number of halogens is 3. The number of nitrogens with two attached hydrogens (primary N) is 1. The van der Waals surface area contributed by atoms with Crippen LogP contribution < -0.4 is 10.5 Å². The van der Waals surface area contributed by atoms with Crippen molar-refractivity contribution in [3.63, 3.8) is 0 Å². The number of nitrogens with zero attached hydrogens (tertiary/aromatic N) is 1. The highest BCUT2D eigenvalue weighted by atomic mass is 79.9. The minimum Gasteiger partial charge on any atom is -0.494 e. The smallest absolute Gasteiger partial charge is 0.356 e. The van der Waals surface area contributed by atoms with Gasteiger partial charge in [-0.15, -0.1) is 0 Å². The highest BCUT2D eigenvalue weighted by Crippen LogP contribution is 2.40. The first-order valence-electron chi connectivity index (χ1n) is 5.58. The van der Waals surface area contributed by atoms with Crippen molar-refractivity contribution in [2.45, 2.75) is 0 Å². The van der Waals surface area contributed by atoms with Crippen molar-refractivity contribution in [1.29, 1.82) is 0 Å². The summed E-state index contributed by atoms with van der Waals surface area (Å²) >= 11 is 15.4. The number of aromatic carboxylic acids is 1. The Bertz CT molecular complexity index is 738. The van der Waals surface area contributed by atoms with Crippen LogP contribution in [-0.2, 0) is 0 Å². The first kappa shape index (κ1) is 15.9. The number of ether oxygens (including phenoxy) is 1. The summed E-state index contributed by atoms with van der Waals surface area (Å²) in [5.41, 5.74) is 6.29. The van der Waals surface area contributed by atoms with Crippen LogP contribution in [0.15, 0.2) is 22.7 Å². The quantitative estimate of drug-likeness (QED) is 0.822. The van der Waals surface area contributed by atoms with Gasteiger partial charge in [0, 0.05) is 5.56 Å². The maximum absolute atomic E-state index is 11.2. The SMILES string of the molecule is COc1c(Br)ccc(-c2cc(N)c(Cl)c(C(=O)O)n2)c1Cl. The average molecular weight is 392 g/mol. The summed E-state index contributed by atoms with van der Waals surface area (Å²) in [7, 11) is 1.47. The number of methoxy groups -OCH3 is 1. The molecule has 0 aliphatic rings. The van der Waals surface area contributed by atoms with Crippen LogP contribution in [0, 0.1) is 0 Å². The molecule has 0 aliphatic carbocycles. The van der Waals surface area contributed by atoms with Gasteiger partial charge in [-0.3, -0.25) is 0 Å². The predicted molar refractivity (Wildman–Crippen MR) is 85.3 cm³/mol. The molecule has 0 atom stereocenters. The molecule has 0 fully saturated rings. The third kappa shape index (κ3) is 2.92. The second kappa shape index (κ2) is 6.09. The lowest BCUT2D eigenvalue weighted by atomic mass is 10.1. The Morgan fingerprint density at radius 2 is 2.05 bits per heavy atom. The van der Waals surface area contributed by atoms with Gasteiger partial charge in [0.15, 0.2) is 11.4 Å². The van der Waals surface area contributed by atoms with E-state index in [1.54, 1.807) is 12.1 Å². The molecule has 21 heavy (non-hydrogen) atoms. The zero-order valence-electron chi connectivity index (χ0n) is 10.7. The van der Waals surface area contributed by atoms with E-state index in [1.807, 2.05) is 0 Å². The number of anilines is 1. The molecule has 2 aromatic rings. The number of hydrogen-bond acceptors (Lipinski definition) is 4. The molecule has 0 amide bonds. The minimum absolute atomic E-state index is 0.105. The van der Waals surface area contributed by atoms with Gasteiger partial charge >= 0.3 is 5.97 Å². The lowest BCUT2D eigenvalue weighted by Crippen LogP contribution is -2.05. The molecule has 0 saturated heterocycles. The van der Waals surface area contributed by atoms with Crippen molar-refractivity contribution < 1.29 is 14.6 Å². The first-order valence-corrected chi connectivity index (χ1v) is 7.13. The monoisotopic (exact) mass is 390 g/mol. The van der Waals surface area contributed by atoms with Gasteiger partial charge in [-0.2, -0.15) is 0 Å². The van der Waals surface area contributed by atoms with Crippen LogP contribution in [0.25, 0.3) is 11.3 Å². The largest absolute Gasteiger partial charge is 0.494 e. The van der Waals surface area contributed by atoms with Crippen molar-refractivity contribution in [3.8, 4) is 17.0 Å². The van der Waals surface area contributed by atoms with Gasteiger partial charge in [0.2, 0.25) is 0 Å². The maximum atomic E-state index is 11.2. The number of carboxylic acids is 1. The zero-order valence-corrected chi connectivity index (χ0v) is 13.8. The molecule has 110 valence electrons. The van der Waals surface area contributed by atoms with E-state index in [1.165, 1.54) is 13.2 Å². The first-order chi connectivity index (χ1) is 9.86. The van der Waals surface area contributed by atoms with Crippen molar-refractivity contribution in [1.82, 2.24) is 4.98 Å². The summed E-state index contributed by atoms with van der Waals surface area (Å²) in [5, 5.41) is 9.29. The summed E-state index contributed by atoms with van der Waals surface area (Å²) in [5.74, 6) is -0.852. The number of aromatic nitrogens is 1. The number of nitrogen functional groups attached to an aromatic ring is 1. The molecule has 2 rings (SSSR count). The second-order valence-electron chi connectivity index (χ2n) is 4.01. The van der Waals surface area contributed by atoms with Gasteiger partial charge in [-0.05, 0) is 34.1 Å². The number of carboxylic acid groups (broad SMARTS) is 1. The minimum atomic E-state index is -1.27. The molecule has 3 N–H and O–H groups in total. The molecule has 5 nitrogen and oxygen atoms in total. The van der Waals surface area contributed by atoms with Crippen LogP contribution in [0.2, 0.25) is 10.0 Å². The van der Waals surface area contributed by atoms with Crippen molar-refractivity contribution in [2.75, 3.05) is 12.8 Å². The van der Waals surface area contributed by atoms with E-state index < -0.39 is 5.97 Å². The molecule has 0 radical (unpaired) electrons. The molecule has 8 heteroatoms. The van der Waals surface area contributed by atoms with E-state index in [0.29, 0.717) is 21.5 Å². The molecule has 1 aromatic heterocycles. The molecule has 1 aromatic carbocycles. The maximum Gasteiger partial charge on any atom is 0.356 e. The Morgan fingerprint density at radius 3 is 2.62 bits per heavy atom. The number of pyridine rings is 1. The summed E-state index contributed by atoms with van der Waals surface area (Å²) in [6, 6.07) is 4.85. The van der Waals surface area contributed by atoms with Crippen LogP contribution >= 0.6 is 39.1 Å². The van der Waals surface area contributed by atoms with Crippen LogP contribution in [0.4, 0.5) is 5.69 Å². The normalized spacial score (nSPS) is 10.5. The van der Waals surface area contributed by atoms with Crippen molar-refractivity contribution in [2.24, 2.45) is 0 Å². The molecule has 0 unspecified atom stereocenters. The topological polar surface area (TPSA) is 85.4 Å². The van der Waals surface area contributed by atoms with E-state index in [4.69, 9.17) is 38.8 Å². The van der Waals surface area contributed by atoms with Gasteiger partial charge in [0.05, 0.1) is 33.0 Å². The molecular formula is C13H9BrCl2N2O3. The Kier molecular flexibility index (Phi) is 4.61. The van der Waals surface area contributed by atoms with Crippen LogP contribution in [0.5, 0.6) is 5.75 Å². The fourth-order valence-corrected chi connectivity index (χ4v) is 2.87. The number of rotatable bonds is 3. The van der Waals surface area contributed by atoms with Crippen LogP contribution in [0.3, 0.4) is 0 Å². The van der Waals surface area contributed by atoms with E-state index in [0.717, 1.165) is 0 Å². The molecule has 1 heterocycles. The van der Waals surface area contributed by atoms with Crippen LogP contribution in [-0.4, -0.2) is 23.2 Å². The fraction of sp³-hybridized carbons (Fsp3) is 0.0769. The Morgan fingerprint density at radius 1 is 1.38 bits per heavy atom. The highest BCUT2D eigenvalue weighted by Gasteiger charge is 2.19. The van der Waals surface area contributed by atoms with Crippen LogP contribution in [0.1, 0.15) is 10.5 Å². The highest BCUT2D eigenvalue weighted by molar-refractivity contribution is 9.10. The Balaban J connectivity index is 2.71. The lowest BCUT2D eigenvalue weighted by molar-refractivity contribution is 0.0691. The Labute approximate surface area is 138 Å². The predicted octanol–water partition coefficient (Wildman–Crippen LogP) is 4.11. The lowest BCUT2D eigenvalue weighted by Gasteiger charge is -2.12. The Hall–Kier alpha value is -1.50. The summed E-state index contributed by atoms with van der Waals surface area (Å²) in [4.78, 5) is 15.2. The van der Waals surface area contributed by atoms with Crippen molar-refractivity contribution in [3.05, 3.63) is 38.4 Å². The van der Waals surface area contributed by atoms with Gasteiger partial charge < -0.3 is 15.6 Å². The standard InChI is InChI=1S/C13H9BrCl2N2O3/c1-21-12-6(14)3-2-5(9(12)15)8-4-7(17)10(16)11(18-8)13(19)20/h2-4H,1H3,(H2,17,18)(H,19,20). The molecule has 0 saturated carbocycles. The van der Waals surface area contributed by atoms with Gasteiger partial charge in [0.1, 0.15) is 0 Å². The molecular weight excluding hydrogens is 383 g/mol.